The van der Waals surface area contributed by atoms with Crippen LogP contribution in [-0.4, -0.2) is 47.7 Å². The third-order valence-electron chi connectivity index (χ3n) is 5.39. The van der Waals surface area contributed by atoms with Crippen molar-refractivity contribution >= 4 is 5.91 Å². The molecule has 0 saturated carbocycles. The van der Waals surface area contributed by atoms with Crippen LogP contribution in [0.15, 0.2) is 48.5 Å². The second-order valence-electron chi connectivity index (χ2n) is 7.25. The quantitative estimate of drug-likeness (QED) is 0.891. The largest absolute Gasteiger partial charge is 0.508 e. The molecule has 2 aromatic rings. The Bertz CT molecular complexity index is 793. The van der Waals surface area contributed by atoms with Crippen LogP contribution in [0.25, 0.3) is 0 Å². The minimum Gasteiger partial charge on any atom is -0.508 e. The zero-order chi connectivity index (χ0) is 18.1. The predicted octanol–water partition coefficient (Wildman–Crippen LogP) is 2.64. The summed E-state index contributed by atoms with van der Waals surface area (Å²) in [6, 6.07) is 15.6. The Balaban J connectivity index is 1.39. The Morgan fingerprint density at radius 3 is 2.81 bits per heavy atom. The molecule has 1 amide bonds. The Morgan fingerprint density at radius 2 is 2.00 bits per heavy atom. The van der Waals surface area contributed by atoms with E-state index in [4.69, 9.17) is 4.74 Å². The molecule has 0 bridgehead atoms. The zero-order valence-electron chi connectivity index (χ0n) is 14.9. The summed E-state index contributed by atoms with van der Waals surface area (Å²) in [5, 5.41) is 12.8. The first-order chi connectivity index (χ1) is 12.6. The van der Waals surface area contributed by atoms with Crippen molar-refractivity contribution in [2.75, 3.05) is 19.7 Å². The minimum absolute atomic E-state index is 0.0928. The van der Waals surface area contributed by atoms with E-state index in [1.54, 1.807) is 12.1 Å². The van der Waals surface area contributed by atoms with E-state index in [9.17, 15) is 9.90 Å². The van der Waals surface area contributed by atoms with Crippen LogP contribution in [0.3, 0.4) is 0 Å². The molecule has 2 fully saturated rings. The summed E-state index contributed by atoms with van der Waals surface area (Å²) in [4.78, 5) is 15.0. The highest BCUT2D eigenvalue weighted by Gasteiger charge is 2.38. The maximum Gasteiger partial charge on any atom is 0.251 e. The second-order valence-corrected chi connectivity index (χ2v) is 7.25. The van der Waals surface area contributed by atoms with E-state index in [-0.39, 0.29) is 23.8 Å². The number of phenols is 1. The van der Waals surface area contributed by atoms with Crippen molar-refractivity contribution in [1.82, 2.24) is 10.2 Å². The third-order valence-corrected chi connectivity index (χ3v) is 5.39. The van der Waals surface area contributed by atoms with Crippen molar-refractivity contribution in [3.63, 3.8) is 0 Å². The van der Waals surface area contributed by atoms with Gasteiger partial charge in [-0.25, -0.2) is 0 Å². The number of carbonyl (C=O) groups excluding carboxylic acids is 1. The molecule has 4 rings (SSSR count). The first kappa shape index (κ1) is 17.1. The molecule has 2 N–H and O–H groups in total. The molecule has 0 aromatic heterocycles. The molecule has 3 atom stereocenters. The van der Waals surface area contributed by atoms with Gasteiger partial charge in [-0.2, -0.15) is 0 Å². The molecule has 0 aliphatic carbocycles. The lowest BCUT2D eigenvalue weighted by Gasteiger charge is -2.35. The number of phenolic OH excluding ortho intramolecular Hbond substituents is 1. The van der Waals surface area contributed by atoms with E-state index in [0.717, 1.165) is 25.1 Å². The summed E-state index contributed by atoms with van der Waals surface area (Å²) in [5.41, 5.74) is 2.60. The molecule has 2 aliphatic rings. The molecular weight excluding hydrogens is 328 g/mol. The number of rotatable bonds is 3. The summed E-state index contributed by atoms with van der Waals surface area (Å²) in [6.07, 6.45) is 0.987. The van der Waals surface area contributed by atoms with Gasteiger partial charge < -0.3 is 15.2 Å². The number of benzene rings is 2. The monoisotopic (exact) mass is 352 g/mol. The van der Waals surface area contributed by atoms with Gasteiger partial charge in [0.15, 0.2) is 0 Å². The molecule has 26 heavy (non-hydrogen) atoms. The van der Waals surface area contributed by atoms with Gasteiger partial charge in [-0.05, 0) is 36.6 Å². The fourth-order valence-electron chi connectivity index (χ4n) is 3.97. The number of aryl methyl sites for hydroxylation is 1. The van der Waals surface area contributed by atoms with Crippen LogP contribution in [0.5, 0.6) is 5.75 Å². The Labute approximate surface area is 153 Å². The Kier molecular flexibility index (Phi) is 4.66. The maximum absolute atomic E-state index is 12.6. The smallest absolute Gasteiger partial charge is 0.251 e. The number of fused-ring (bicyclic) bond motifs is 1. The van der Waals surface area contributed by atoms with Crippen molar-refractivity contribution in [1.29, 1.82) is 0 Å². The van der Waals surface area contributed by atoms with E-state index in [0.29, 0.717) is 18.2 Å². The molecule has 0 spiro atoms. The van der Waals surface area contributed by atoms with Gasteiger partial charge in [-0.15, -0.1) is 0 Å². The highest BCUT2D eigenvalue weighted by atomic mass is 16.5. The van der Waals surface area contributed by atoms with Crippen LogP contribution in [0, 0.1) is 6.92 Å². The summed E-state index contributed by atoms with van der Waals surface area (Å²) in [7, 11) is 0. The average molecular weight is 352 g/mol. The van der Waals surface area contributed by atoms with Gasteiger partial charge in [-0.3, -0.25) is 9.69 Å². The first-order valence-corrected chi connectivity index (χ1v) is 9.11. The lowest BCUT2D eigenvalue weighted by Crippen LogP contribution is -2.43. The fourth-order valence-corrected chi connectivity index (χ4v) is 3.97. The molecule has 2 saturated heterocycles. The van der Waals surface area contributed by atoms with Crippen LogP contribution in [-0.2, 0) is 4.74 Å². The molecular formula is C21H24N2O3. The van der Waals surface area contributed by atoms with Crippen LogP contribution < -0.4 is 5.32 Å². The van der Waals surface area contributed by atoms with E-state index in [1.807, 2.05) is 25.1 Å². The van der Waals surface area contributed by atoms with Crippen molar-refractivity contribution < 1.29 is 14.6 Å². The number of hydrogen-bond acceptors (Lipinski definition) is 4. The number of nitrogens with one attached hydrogen (secondary N) is 1. The summed E-state index contributed by atoms with van der Waals surface area (Å²) < 4.78 is 6.06. The number of nitrogens with zero attached hydrogens (tertiary/aromatic N) is 1. The Hall–Kier alpha value is -2.37. The van der Waals surface area contributed by atoms with Crippen LogP contribution in [0.4, 0.5) is 0 Å². The van der Waals surface area contributed by atoms with Gasteiger partial charge in [0, 0.05) is 30.7 Å². The van der Waals surface area contributed by atoms with Crippen molar-refractivity contribution in [3.05, 3.63) is 65.2 Å². The average Bonchev–Trinajstić information content (AvgIpc) is 3.05. The highest BCUT2D eigenvalue weighted by Crippen LogP contribution is 2.30. The standard InChI is InChI=1S/C21H24N2O3/c1-14-7-8-18(24)10-19(14)21(25)22-16-9-17-13-26-20(12-23(17)11-16)15-5-3-2-4-6-15/h2-8,10,16-17,20,24H,9,11-13H2,1H3,(H,22,25)/t16-,17+,20-/m1/s1. The van der Waals surface area contributed by atoms with Crippen molar-refractivity contribution in [2.24, 2.45) is 0 Å². The van der Waals surface area contributed by atoms with Gasteiger partial charge in [0.2, 0.25) is 0 Å². The summed E-state index contributed by atoms with van der Waals surface area (Å²) in [6.45, 7) is 4.26. The lowest BCUT2D eigenvalue weighted by molar-refractivity contribution is -0.0502. The van der Waals surface area contributed by atoms with Crippen molar-refractivity contribution in [3.8, 4) is 5.75 Å². The number of hydrogen-bond donors (Lipinski definition) is 2. The molecule has 2 aromatic carbocycles. The third kappa shape index (κ3) is 3.45. The predicted molar refractivity (Wildman–Crippen MR) is 99.2 cm³/mol. The highest BCUT2D eigenvalue weighted by molar-refractivity contribution is 5.96. The van der Waals surface area contributed by atoms with Gasteiger partial charge >= 0.3 is 0 Å². The Morgan fingerprint density at radius 1 is 1.19 bits per heavy atom. The zero-order valence-corrected chi connectivity index (χ0v) is 14.9. The van der Waals surface area contributed by atoms with E-state index in [2.05, 4.69) is 22.3 Å². The number of amides is 1. The number of morpholine rings is 1. The SMILES string of the molecule is Cc1ccc(O)cc1C(=O)N[C@@H]1C[C@H]2CO[C@@H](c3ccccc3)CN2C1. The normalized spacial score (nSPS) is 25.7. The number of ether oxygens (including phenoxy) is 1. The van der Waals surface area contributed by atoms with Crippen LogP contribution >= 0.6 is 0 Å². The van der Waals surface area contributed by atoms with Gasteiger partial charge in [0.25, 0.3) is 5.91 Å². The number of aromatic hydroxyl groups is 1. The molecule has 0 radical (unpaired) electrons. The summed E-state index contributed by atoms with van der Waals surface area (Å²) >= 11 is 0. The second kappa shape index (κ2) is 7.09. The molecule has 2 aliphatic heterocycles. The minimum atomic E-state index is -0.122. The maximum atomic E-state index is 12.6. The molecule has 5 heteroatoms. The van der Waals surface area contributed by atoms with Gasteiger partial charge in [0.05, 0.1) is 12.7 Å². The lowest BCUT2D eigenvalue weighted by atomic mass is 10.1. The van der Waals surface area contributed by atoms with Crippen LogP contribution in [0.2, 0.25) is 0 Å². The molecule has 2 heterocycles. The molecule has 0 unspecified atom stereocenters. The van der Waals surface area contributed by atoms with E-state index >= 15 is 0 Å². The van der Waals surface area contributed by atoms with Crippen LogP contribution in [0.1, 0.15) is 34.0 Å². The first-order valence-electron chi connectivity index (χ1n) is 9.11. The van der Waals surface area contributed by atoms with E-state index < -0.39 is 0 Å². The topological polar surface area (TPSA) is 61.8 Å². The number of carbonyl (C=O) groups is 1. The van der Waals surface area contributed by atoms with Crippen molar-refractivity contribution in [2.45, 2.75) is 31.5 Å². The van der Waals surface area contributed by atoms with Gasteiger partial charge in [-0.1, -0.05) is 36.4 Å². The molecule has 5 nitrogen and oxygen atoms in total. The van der Waals surface area contributed by atoms with Gasteiger partial charge in [0.1, 0.15) is 5.75 Å². The van der Waals surface area contributed by atoms with E-state index in [1.165, 1.54) is 11.6 Å². The summed E-state index contributed by atoms with van der Waals surface area (Å²) in [5.74, 6) is -0.00697. The fraction of sp³-hybridized carbons (Fsp3) is 0.381. The molecule has 136 valence electrons.